The lowest BCUT2D eigenvalue weighted by Crippen LogP contribution is -2.47. The van der Waals surface area contributed by atoms with E-state index in [1.165, 1.54) is 7.11 Å². The average Bonchev–Trinajstić information content (AvgIpc) is 2.22. The van der Waals surface area contributed by atoms with Crippen molar-refractivity contribution in [3.05, 3.63) is 0 Å². The van der Waals surface area contributed by atoms with E-state index < -0.39 is 0 Å². The molecule has 0 radical (unpaired) electrons. The van der Waals surface area contributed by atoms with Gasteiger partial charge < -0.3 is 15.0 Å². The second kappa shape index (κ2) is 6.80. The summed E-state index contributed by atoms with van der Waals surface area (Å²) in [5.74, 6) is 0.366. The van der Waals surface area contributed by atoms with Gasteiger partial charge in [0.1, 0.15) is 6.04 Å². The van der Waals surface area contributed by atoms with Gasteiger partial charge >= 0.3 is 5.97 Å². The first-order valence-electron chi connectivity index (χ1n) is 5.39. The predicted octanol–water partition coefficient (Wildman–Crippen LogP) is 0.724. The molecule has 0 aliphatic heterocycles. The fourth-order valence-corrected chi connectivity index (χ4v) is 1.39. The Morgan fingerprint density at radius 2 is 1.93 bits per heavy atom. The summed E-state index contributed by atoms with van der Waals surface area (Å²) in [5.41, 5.74) is 0. The summed E-state index contributed by atoms with van der Waals surface area (Å²) in [6.45, 7) is 7.18. The Morgan fingerprint density at radius 1 is 1.40 bits per heavy atom. The fourth-order valence-electron chi connectivity index (χ4n) is 1.39. The number of carbonyl (C=O) groups is 1. The normalized spacial score (nSPS) is 15.5. The summed E-state index contributed by atoms with van der Waals surface area (Å²) in [6, 6.07) is 0.201. The van der Waals surface area contributed by atoms with Crippen LogP contribution in [0.2, 0.25) is 0 Å². The number of nitrogens with one attached hydrogen (secondary N) is 1. The van der Waals surface area contributed by atoms with Crippen molar-refractivity contribution in [2.75, 3.05) is 27.7 Å². The van der Waals surface area contributed by atoms with Crippen molar-refractivity contribution >= 4 is 5.97 Å². The van der Waals surface area contributed by atoms with Crippen LogP contribution < -0.4 is 5.32 Å². The minimum absolute atomic E-state index is 0.208. The van der Waals surface area contributed by atoms with Gasteiger partial charge in [0.2, 0.25) is 0 Å². The first-order chi connectivity index (χ1) is 6.93. The molecule has 0 spiro atoms. The van der Waals surface area contributed by atoms with Crippen molar-refractivity contribution in [2.45, 2.75) is 32.9 Å². The van der Waals surface area contributed by atoms with E-state index in [1.54, 1.807) is 7.05 Å². The molecule has 0 heterocycles. The van der Waals surface area contributed by atoms with E-state index in [-0.39, 0.29) is 12.0 Å². The van der Waals surface area contributed by atoms with Gasteiger partial charge in [-0.15, -0.1) is 0 Å². The molecule has 4 heteroatoms. The first kappa shape index (κ1) is 14.4. The van der Waals surface area contributed by atoms with Gasteiger partial charge in [-0.3, -0.25) is 4.79 Å². The van der Waals surface area contributed by atoms with E-state index in [4.69, 9.17) is 4.74 Å². The van der Waals surface area contributed by atoms with Crippen LogP contribution in [-0.2, 0) is 9.53 Å². The van der Waals surface area contributed by atoms with Gasteiger partial charge in [0.05, 0.1) is 7.11 Å². The Hall–Kier alpha value is -0.610. The zero-order valence-electron chi connectivity index (χ0n) is 10.7. The molecule has 1 N–H and O–H groups in total. The molecule has 0 aromatic rings. The van der Waals surface area contributed by atoms with E-state index in [9.17, 15) is 4.79 Å². The van der Waals surface area contributed by atoms with E-state index in [1.807, 2.05) is 7.05 Å². The topological polar surface area (TPSA) is 41.6 Å². The van der Waals surface area contributed by atoms with Gasteiger partial charge in [0, 0.05) is 12.6 Å². The third-order valence-corrected chi connectivity index (χ3v) is 2.96. The van der Waals surface area contributed by atoms with Crippen molar-refractivity contribution in [1.29, 1.82) is 0 Å². The second-order valence-electron chi connectivity index (χ2n) is 4.29. The van der Waals surface area contributed by atoms with Crippen molar-refractivity contribution < 1.29 is 9.53 Å². The summed E-state index contributed by atoms with van der Waals surface area (Å²) in [4.78, 5) is 13.5. The summed E-state index contributed by atoms with van der Waals surface area (Å²) in [7, 11) is 5.21. The standard InChI is InChI=1S/C11H24N2O2/c1-8(2)9(3)13(5)7-10(12-4)11(14)15-6/h8-10,12H,7H2,1-6H3. The van der Waals surface area contributed by atoms with E-state index in [0.29, 0.717) is 18.5 Å². The average molecular weight is 216 g/mol. The van der Waals surface area contributed by atoms with Crippen LogP contribution in [-0.4, -0.2) is 50.7 Å². The maximum Gasteiger partial charge on any atom is 0.324 e. The Kier molecular flexibility index (Phi) is 6.52. The zero-order chi connectivity index (χ0) is 12.0. The molecule has 0 aliphatic carbocycles. The number of methoxy groups -OCH3 is 1. The molecule has 0 rings (SSSR count). The minimum atomic E-state index is -0.249. The lowest BCUT2D eigenvalue weighted by molar-refractivity contribution is -0.143. The number of hydrogen-bond acceptors (Lipinski definition) is 4. The Morgan fingerprint density at radius 3 is 2.27 bits per heavy atom. The quantitative estimate of drug-likeness (QED) is 0.664. The van der Waals surface area contributed by atoms with Gasteiger partial charge in [0.15, 0.2) is 0 Å². The lowest BCUT2D eigenvalue weighted by atomic mass is 10.0. The van der Waals surface area contributed by atoms with Crippen LogP contribution in [0.1, 0.15) is 20.8 Å². The summed E-state index contributed by atoms with van der Waals surface area (Å²) in [6.07, 6.45) is 0. The number of rotatable bonds is 6. The highest BCUT2D eigenvalue weighted by molar-refractivity contribution is 5.75. The maximum atomic E-state index is 11.4. The molecular weight excluding hydrogens is 192 g/mol. The molecular formula is C11H24N2O2. The van der Waals surface area contributed by atoms with Crippen LogP contribution in [0, 0.1) is 5.92 Å². The second-order valence-corrected chi connectivity index (χ2v) is 4.29. The summed E-state index contributed by atoms with van der Waals surface area (Å²) in [5, 5.41) is 2.96. The monoisotopic (exact) mass is 216 g/mol. The molecule has 0 saturated heterocycles. The summed E-state index contributed by atoms with van der Waals surface area (Å²) < 4.78 is 4.72. The van der Waals surface area contributed by atoms with Crippen molar-refractivity contribution in [3.63, 3.8) is 0 Å². The number of carbonyl (C=O) groups excluding carboxylic acids is 1. The molecule has 15 heavy (non-hydrogen) atoms. The Balaban J connectivity index is 4.23. The molecule has 2 unspecified atom stereocenters. The number of ether oxygens (including phenoxy) is 1. The molecule has 0 aromatic heterocycles. The first-order valence-corrected chi connectivity index (χ1v) is 5.39. The predicted molar refractivity (Wildman–Crippen MR) is 61.8 cm³/mol. The van der Waals surface area contributed by atoms with E-state index >= 15 is 0 Å². The van der Waals surface area contributed by atoms with Gasteiger partial charge in [-0.2, -0.15) is 0 Å². The fraction of sp³-hybridized carbons (Fsp3) is 0.909. The van der Waals surface area contributed by atoms with Crippen molar-refractivity contribution in [1.82, 2.24) is 10.2 Å². The molecule has 0 bridgehead atoms. The largest absolute Gasteiger partial charge is 0.468 e. The Bertz CT molecular complexity index is 195. The van der Waals surface area contributed by atoms with E-state index in [0.717, 1.165) is 0 Å². The maximum absolute atomic E-state index is 11.4. The highest BCUT2D eigenvalue weighted by Crippen LogP contribution is 2.08. The molecule has 2 atom stereocenters. The molecule has 4 nitrogen and oxygen atoms in total. The van der Waals surface area contributed by atoms with Crippen molar-refractivity contribution in [2.24, 2.45) is 5.92 Å². The SMILES string of the molecule is CNC(CN(C)C(C)C(C)C)C(=O)OC. The van der Waals surface area contributed by atoms with Gasteiger partial charge in [-0.1, -0.05) is 13.8 Å². The number of hydrogen-bond donors (Lipinski definition) is 1. The van der Waals surface area contributed by atoms with Crippen LogP contribution in [0.25, 0.3) is 0 Å². The lowest BCUT2D eigenvalue weighted by Gasteiger charge is -2.30. The molecule has 0 saturated carbocycles. The molecule has 0 aliphatic rings. The van der Waals surface area contributed by atoms with Gasteiger partial charge in [-0.25, -0.2) is 0 Å². The van der Waals surface area contributed by atoms with Crippen molar-refractivity contribution in [3.8, 4) is 0 Å². The van der Waals surface area contributed by atoms with Crippen LogP contribution in [0.5, 0.6) is 0 Å². The third-order valence-electron chi connectivity index (χ3n) is 2.96. The van der Waals surface area contributed by atoms with Crippen LogP contribution in [0.3, 0.4) is 0 Å². The van der Waals surface area contributed by atoms with Gasteiger partial charge in [-0.05, 0) is 26.9 Å². The Labute approximate surface area is 93.0 Å². The van der Waals surface area contributed by atoms with Crippen LogP contribution in [0.4, 0.5) is 0 Å². The zero-order valence-corrected chi connectivity index (χ0v) is 10.7. The number of esters is 1. The van der Waals surface area contributed by atoms with Crippen LogP contribution in [0.15, 0.2) is 0 Å². The molecule has 0 fully saturated rings. The van der Waals surface area contributed by atoms with Crippen LogP contribution >= 0.6 is 0 Å². The summed E-state index contributed by atoms with van der Waals surface area (Å²) >= 11 is 0. The third kappa shape index (κ3) is 4.62. The molecule has 0 amide bonds. The number of nitrogens with zero attached hydrogens (tertiary/aromatic N) is 1. The smallest absolute Gasteiger partial charge is 0.324 e. The highest BCUT2D eigenvalue weighted by atomic mass is 16.5. The van der Waals surface area contributed by atoms with E-state index in [2.05, 4.69) is 31.0 Å². The molecule has 90 valence electrons. The van der Waals surface area contributed by atoms with Gasteiger partial charge in [0.25, 0.3) is 0 Å². The highest BCUT2D eigenvalue weighted by Gasteiger charge is 2.22. The molecule has 0 aromatic carbocycles. The minimum Gasteiger partial charge on any atom is -0.468 e. The number of likely N-dealkylation sites (N-methyl/N-ethyl adjacent to an activating group) is 2.